The molecular formula is C12H18FNO. The van der Waals surface area contributed by atoms with Gasteiger partial charge in [0, 0.05) is 0 Å². The van der Waals surface area contributed by atoms with Gasteiger partial charge in [-0.25, -0.2) is 4.39 Å². The van der Waals surface area contributed by atoms with E-state index in [1.54, 1.807) is 18.2 Å². The topological polar surface area (TPSA) is 32.3 Å². The van der Waals surface area contributed by atoms with Crippen LogP contribution in [-0.2, 0) is 0 Å². The zero-order valence-corrected chi connectivity index (χ0v) is 9.26. The number of aliphatic hydroxyl groups excluding tert-OH is 1. The standard InChI is InChI=1S/C12H18FNO/c1-3-8-12(2,9-15)14-11-7-5-4-6-10(11)13/h4-7,14-15H,3,8-9H2,1-2H3. The van der Waals surface area contributed by atoms with Gasteiger partial charge in [0.25, 0.3) is 0 Å². The molecule has 0 saturated heterocycles. The van der Waals surface area contributed by atoms with E-state index >= 15 is 0 Å². The molecule has 3 heteroatoms. The van der Waals surface area contributed by atoms with E-state index in [0.717, 1.165) is 12.8 Å². The molecule has 2 N–H and O–H groups in total. The van der Waals surface area contributed by atoms with Crippen LogP contribution >= 0.6 is 0 Å². The van der Waals surface area contributed by atoms with E-state index in [0.29, 0.717) is 5.69 Å². The van der Waals surface area contributed by atoms with Crippen LogP contribution in [0.15, 0.2) is 24.3 Å². The van der Waals surface area contributed by atoms with E-state index in [1.165, 1.54) is 6.07 Å². The molecular weight excluding hydrogens is 193 g/mol. The molecule has 0 heterocycles. The zero-order chi connectivity index (χ0) is 11.3. The molecule has 0 bridgehead atoms. The van der Waals surface area contributed by atoms with Crippen LogP contribution in [0.25, 0.3) is 0 Å². The first kappa shape index (κ1) is 12.0. The van der Waals surface area contributed by atoms with Gasteiger partial charge in [0.15, 0.2) is 0 Å². The van der Waals surface area contributed by atoms with Crippen molar-refractivity contribution < 1.29 is 9.50 Å². The lowest BCUT2D eigenvalue weighted by molar-refractivity contribution is 0.213. The number of anilines is 1. The Balaban J connectivity index is 2.79. The van der Waals surface area contributed by atoms with Crippen molar-refractivity contribution in [3.8, 4) is 0 Å². The Hall–Kier alpha value is -1.09. The monoisotopic (exact) mass is 211 g/mol. The van der Waals surface area contributed by atoms with Gasteiger partial charge in [-0.05, 0) is 25.5 Å². The Morgan fingerprint density at radius 2 is 2.07 bits per heavy atom. The predicted octanol–water partition coefficient (Wildman–Crippen LogP) is 2.79. The maximum atomic E-state index is 13.4. The van der Waals surface area contributed by atoms with E-state index < -0.39 is 5.54 Å². The van der Waals surface area contributed by atoms with Crippen LogP contribution in [0.2, 0.25) is 0 Å². The number of benzene rings is 1. The van der Waals surface area contributed by atoms with E-state index in [9.17, 15) is 9.50 Å². The summed E-state index contributed by atoms with van der Waals surface area (Å²) in [7, 11) is 0. The number of para-hydroxylation sites is 1. The quantitative estimate of drug-likeness (QED) is 0.785. The first-order valence-corrected chi connectivity index (χ1v) is 5.25. The van der Waals surface area contributed by atoms with Crippen molar-refractivity contribution in [3.05, 3.63) is 30.1 Å². The van der Waals surface area contributed by atoms with Crippen molar-refractivity contribution >= 4 is 5.69 Å². The molecule has 15 heavy (non-hydrogen) atoms. The largest absolute Gasteiger partial charge is 0.394 e. The number of hydrogen-bond donors (Lipinski definition) is 2. The average molecular weight is 211 g/mol. The summed E-state index contributed by atoms with van der Waals surface area (Å²) >= 11 is 0. The van der Waals surface area contributed by atoms with Crippen molar-refractivity contribution in [2.24, 2.45) is 0 Å². The highest BCUT2D eigenvalue weighted by molar-refractivity contribution is 5.46. The molecule has 0 spiro atoms. The summed E-state index contributed by atoms with van der Waals surface area (Å²) in [5.74, 6) is -0.284. The lowest BCUT2D eigenvalue weighted by Crippen LogP contribution is -2.38. The van der Waals surface area contributed by atoms with Crippen molar-refractivity contribution in [2.45, 2.75) is 32.2 Å². The maximum absolute atomic E-state index is 13.4. The normalized spacial score (nSPS) is 14.7. The predicted molar refractivity (Wildman–Crippen MR) is 60.4 cm³/mol. The molecule has 0 radical (unpaired) electrons. The Morgan fingerprint density at radius 3 is 2.60 bits per heavy atom. The Morgan fingerprint density at radius 1 is 1.40 bits per heavy atom. The summed E-state index contributed by atoms with van der Waals surface area (Å²) in [6, 6.07) is 6.51. The Labute approximate surface area is 90.1 Å². The Bertz CT molecular complexity index is 316. The van der Waals surface area contributed by atoms with Crippen molar-refractivity contribution in [2.75, 3.05) is 11.9 Å². The first-order valence-electron chi connectivity index (χ1n) is 5.25. The summed E-state index contributed by atoms with van der Waals surface area (Å²) < 4.78 is 13.4. The molecule has 0 aromatic heterocycles. The van der Waals surface area contributed by atoms with Gasteiger partial charge in [0.1, 0.15) is 5.82 Å². The number of nitrogens with one attached hydrogen (secondary N) is 1. The maximum Gasteiger partial charge on any atom is 0.146 e. The minimum Gasteiger partial charge on any atom is -0.394 e. The fraction of sp³-hybridized carbons (Fsp3) is 0.500. The first-order chi connectivity index (χ1) is 7.11. The molecule has 2 nitrogen and oxygen atoms in total. The van der Waals surface area contributed by atoms with E-state index in [2.05, 4.69) is 5.32 Å². The van der Waals surface area contributed by atoms with E-state index in [4.69, 9.17) is 0 Å². The second-order valence-electron chi connectivity index (χ2n) is 4.07. The molecule has 1 rings (SSSR count). The molecule has 0 aliphatic carbocycles. The molecule has 84 valence electrons. The summed E-state index contributed by atoms with van der Waals surface area (Å²) in [4.78, 5) is 0. The summed E-state index contributed by atoms with van der Waals surface area (Å²) in [5.41, 5.74) is -0.000718. The van der Waals surface area contributed by atoms with E-state index in [1.807, 2.05) is 13.8 Å². The summed E-state index contributed by atoms with van der Waals surface area (Å²) in [6.45, 7) is 3.93. The van der Waals surface area contributed by atoms with E-state index in [-0.39, 0.29) is 12.4 Å². The van der Waals surface area contributed by atoms with Crippen LogP contribution in [-0.4, -0.2) is 17.3 Å². The van der Waals surface area contributed by atoms with Crippen LogP contribution in [0.5, 0.6) is 0 Å². The number of rotatable bonds is 5. The molecule has 0 saturated carbocycles. The van der Waals surface area contributed by atoms with Gasteiger partial charge < -0.3 is 10.4 Å². The molecule has 0 fully saturated rings. The second kappa shape index (κ2) is 5.12. The third-order valence-corrected chi connectivity index (χ3v) is 2.46. The van der Waals surface area contributed by atoms with Gasteiger partial charge in [-0.1, -0.05) is 25.5 Å². The van der Waals surface area contributed by atoms with Crippen LogP contribution in [0.4, 0.5) is 10.1 Å². The number of hydrogen-bond acceptors (Lipinski definition) is 2. The van der Waals surface area contributed by atoms with Crippen LogP contribution in [0, 0.1) is 5.82 Å². The van der Waals surface area contributed by atoms with Gasteiger partial charge in [-0.15, -0.1) is 0 Å². The lowest BCUT2D eigenvalue weighted by Gasteiger charge is -2.29. The third kappa shape index (κ3) is 3.20. The van der Waals surface area contributed by atoms with Gasteiger partial charge in [-0.3, -0.25) is 0 Å². The number of halogens is 1. The molecule has 0 aliphatic rings. The summed E-state index contributed by atoms with van der Waals surface area (Å²) in [6.07, 6.45) is 1.75. The Kier molecular flexibility index (Phi) is 4.09. The molecule has 1 atom stereocenters. The minimum absolute atomic E-state index is 0.00479. The van der Waals surface area contributed by atoms with Gasteiger partial charge in [-0.2, -0.15) is 0 Å². The van der Waals surface area contributed by atoms with Crippen molar-refractivity contribution in [3.63, 3.8) is 0 Å². The smallest absolute Gasteiger partial charge is 0.146 e. The molecule has 1 aromatic carbocycles. The molecule has 0 amide bonds. The van der Waals surface area contributed by atoms with Gasteiger partial charge in [0.2, 0.25) is 0 Å². The van der Waals surface area contributed by atoms with Crippen LogP contribution in [0.1, 0.15) is 26.7 Å². The van der Waals surface area contributed by atoms with Crippen LogP contribution < -0.4 is 5.32 Å². The van der Waals surface area contributed by atoms with Gasteiger partial charge in [0.05, 0.1) is 17.8 Å². The second-order valence-corrected chi connectivity index (χ2v) is 4.07. The highest BCUT2D eigenvalue weighted by atomic mass is 19.1. The third-order valence-electron chi connectivity index (χ3n) is 2.46. The van der Waals surface area contributed by atoms with Crippen LogP contribution in [0.3, 0.4) is 0 Å². The lowest BCUT2D eigenvalue weighted by atomic mass is 9.97. The van der Waals surface area contributed by atoms with Crippen molar-refractivity contribution in [1.82, 2.24) is 0 Å². The highest BCUT2D eigenvalue weighted by Crippen LogP contribution is 2.21. The zero-order valence-electron chi connectivity index (χ0n) is 9.26. The molecule has 0 aliphatic heterocycles. The SMILES string of the molecule is CCCC(C)(CO)Nc1ccccc1F. The summed E-state index contributed by atoms with van der Waals surface area (Å²) in [5, 5.41) is 12.3. The molecule has 1 unspecified atom stereocenters. The number of aliphatic hydroxyl groups is 1. The van der Waals surface area contributed by atoms with Crippen molar-refractivity contribution in [1.29, 1.82) is 0 Å². The highest BCUT2D eigenvalue weighted by Gasteiger charge is 2.22. The van der Waals surface area contributed by atoms with Gasteiger partial charge >= 0.3 is 0 Å². The molecule has 1 aromatic rings. The fourth-order valence-electron chi connectivity index (χ4n) is 1.62. The fourth-order valence-corrected chi connectivity index (χ4v) is 1.62. The average Bonchev–Trinajstić information content (AvgIpc) is 2.22. The minimum atomic E-state index is -0.447.